The average molecular weight is 221 g/mol. The fourth-order valence-electron chi connectivity index (χ4n) is 2.18. The first kappa shape index (κ1) is 11.4. The molecule has 1 fully saturated rings. The number of hydrogen-bond acceptors (Lipinski definition) is 4. The zero-order valence-electron chi connectivity index (χ0n) is 9.81. The molecule has 2 rings (SSSR count). The maximum atomic E-state index is 5.65. The minimum atomic E-state index is 0.0728. The van der Waals surface area contributed by atoms with Gasteiger partial charge in [-0.05, 0) is 36.8 Å². The molecule has 16 heavy (non-hydrogen) atoms. The van der Waals surface area contributed by atoms with Crippen molar-refractivity contribution < 1.29 is 4.74 Å². The summed E-state index contributed by atoms with van der Waals surface area (Å²) in [7, 11) is 1.66. The number of nitrogens with zero attached hydrogens (tertiary/aromatic N) is 1. The lowest BCUT2D eigenvalue weighted by Crippen LogP contribution is -2.34. The van der Waals surface area contributed by atoms with E-state index in [-0.39, 0.29) is 6.04 Å². The van der Waals surface area contributed by atoms with Gasteiger partial charge in [-0.25, -0.2) is 0 Å². The van der Waals surface area contributed by atoms with Crippen LogP contribution in [-0.2, 0) is 0 Å². The molecule has 3 N–H and O–H groups in total. The number of pyridine rings is 1. The quantitative estimate of drug-likeness (QED) is 0.586. The predicted octanol–water partition coefficient (Wildman–Crippen LogP) is 1.64. The van der Waals surface area contributed by atoms with E-state index in [0.717, 1.165) is 17.4 Å². The largest absolute Gasteiger partial charge is 0.495 e. The van der Waals surface area contributed by atoms with Crippen LogP contribution >= 0.6 is 0 Å². The number of nitrogens with one attached hydrogen (secondary N) is 1. The lowest BCUT2D eigenvalue weighted by atomic mass is 9.94. The molecule has 0 aromatic carbocycles. The van der Waals surface area contributed by atoms with Crippen LogP contribution in [0, 0.1) is 11.8 Å². The second-order valence-corrected chi connectivity index (χ2v) is 4.43. The van der Waals surface area contributed by atoms with Crippen molar-refractivity contribution in [3.8, 4) is 5.75 Å². The fourth-order valence-corrected chi connectivity index (χ4v) is 2.18. The molecule has 2 atom stereocenters. The lowest BCUT2D eigenvalue weighted by Gasteiger charge is -2.23. The van der Waals surface area contributed by atoms with Crippen molar-refractivity contribution in [2.75, 3.05) is 7.11 Å². The van der Waals surface area contributed by atoms with E-state index in [1.807, 2.05) is 12.1 Å². The molecule has 0 radical (unpaired) electrons. The van der Waals surface area contributed by atoms with Gasteiger partial charge in [-0.3, -0.25) is 16.3 Å². The van der Waals surface area contributed by atoms with Crippen molar-refractivity contribution >= 4 is 0 Å². The Bertz CT molecular complexity index is 352. The topological polar surface area (TPSA) is 60.2 Å². The van der Waals surface area contributed by atoms with Gasteiger partial charge in [0.05, 0.1) is 13.2 Å². The van der Waals surface area contributed by atoms with Crippen LogP contribution in [0.2, 0.25) is 0 Å². The highest BCUT2D eigenvalue weighted by Crippen LogP contribution is 2.43. The SMILES string of the molecule is COc1cccnc1C(NN)C(C)C1CC1. The molecular weight excluding hydrogens is 202 g/mol. The standard InChI is InChI=1S/C12H19N3O/c1-8(9-5-6-9)11(15-13)12-10(16-2)4-3-7-14-12/h3-4,7-9,11,15H,5-6,13H2,1-2H3. The molecule has 0 aliphatic heterocycles. The van der Waals surface area contributed by atoms with Crippen molar-refractivity contribution in [1.82, 2.24) is 10.4 Å². The Morgan fingerprint density at radius 3 is 2.88 bits per heavy atom. The van der Waals surface area contributed by atoms with E-state index in [1.54, 1.807) is 13.3 Å². The van der Waals surface area contributed by atoms with Crippen molar-refractivity contribution in [2.24, 2.45) is 17.7 Å². The summed E-state index contributed by atoms with van der Waals surface area (Å²) in [6, 6.07) is 3.87. The number of hydrazine groups is 1. The molecule has 0 saturated heterocycles. The first-order chi connectivity index (χ1) is 7.77. The van der Waals surface area contributed by atoms with Gasteiger partial charge in [0.2, 0.25) is 0 Å². The molecule has 1 aromatic heterocycles. The van der Waals surface area contributed by atoms with Crippen molar-refractivity contribution in [2.45, 2.75) is 25.8 Å². The molecule has 1 aliphatic rings. The smallest absolute Gasteiger partial charge is 0.142 e. The Hall–Kier alpha value is -1.13. The maximum Gasteiger partial charge on any atom is 0.142 e. The van der Waals surface area contributed by atoms with E-state index in [2.05, 4.69) is 17.3 Å². The van der Waals surface area contributed by atoms with Gasteiger partial charge in [-0.15, -0.1) is 0 Å². The van der Waals surface area contributed by atoms with E-state index in [1.165, 1.54) is 12.8 Å². The number of rotatable bonds is 5. The molecule has 0 spiro atoms. The van der Waals surface area contributed by atoms with Gasteiger partial charge in [0.25, 0.3) is 0 Å². The van der Waals surface area contributed by atoms with Crippen LogP contribution in [0.5, 0.6) is 5.75 Å². The summed E-state index contributed by atoms with van der Waals surface area (Å²) in [5.74, 6) is 7.72. The zero-order chi connectivity index (χ0) is 11.5. The van der Waals surface area contributed by atoms with Gasteiger partial charge in [0.15, 0.2) is 0 Å². The summed E-state index contributed by atoms with van der Waals surface area (Å²) in [5, 5.41) is 0. The first-order valence-electron chi connectivity index (χ1n) is 5.73. The van der Waals surface area contributed by atoms with Gasteiger partial charge >= 0.3 is 0 Å². The number of ether oxygens (including phenoxy) is 1. The summed E-state index contributed by atoms with van der Waals surface area (Å²) in [6.45, 7) is 2.22. The molecule has 1 saturated carbocycles. The van der Waals surface area contributed by atoms with E-state index < -0.39 is 0 Å². The van der Waals surface area contributed by atoms with Crippen LogP contribution in [-0.4, -0.2) is 12.1 Å². The third-order valence-corrected chi connectivity index (χ3v) is 3.39. The lowest BCUT2D eigenvalue weighted by molar-refractivity contribution is 0.327. The third kappa shape index (κ3) is 2.18. The average Bonchev–Trinajstić information content (AvgIpc) is 3.14. The Labute approximate surface area is 96.2 Å². The molecule has 88 valence electrons. The molecule has 1 aromatic rings. The number of hydrogen-bond donors (Lipinski definition) is 2. The number of nitrogens with two attached hydrogens (primary N) is 1. The van der Waals surface area contributed by atoms with Crippen LogP contribution < -0.4 is 16.0 Å². The van der Waals surface area contributed by atoms with Crippen molar-refractivity contribution in [1.29, 1.82) is 0 Å². The van der Waals surface area contributed by atoms with Gasteiger partial charge in [0, 0.05) is 6.20 Å². The van der Waals surface area contributed by atoms with E-state index in [9.17, 15) is 0 Å². The second-order valence-electron chi connectivity index (χ2n) is 4.43. The van der Waals surface area contributed by atoms with Crippen LogP contribution in [0.15, 0.2) is 18.3 Å². The Morgan fingerprint density at radius 2 is 2.31 bits per heavy atom. The van der Waals surface area contributed by atoms with Crippen LogP contribution in [0.3, 0.4) is 0 Å². The summed E-state index contributed by atoms with van der Waals surface area (Å²) < 4.78 is 5.32. The molecule has 1 aliphatic carbocycles. The fraction of sp³-hybridized carbons (Fsp3) is 0.583. The minimum Gasteiger partial charge on any atom is -0.495 e. The molecular formula is C12H19N3O. The summed E-state index contributed by atoms with van der Waals surface area (Å²) in [6.07, 6.45) is 4.38. The van der Waals surface area contributed by atoms with E-state index >= 15 is 0 Å². The van der Waals surface area contributed by atoms with Crippen molar-refractivity contribution in [3.63, 3.8) is 0 Å². The highest BCUT2D eigenvalue weighted by Gasteiger charge is 2.35. The molecule has 0 amide bonds. The Balaban J connectivity index is 2.24. The van der Waals surface area contributed by atoms with Gasteiger partial charge < -0.3 is 4.74 Å². The first-order valence-corrected chi connectivity index (χ1v) is 5.73. The summed E-state index contributed by atoms with van der Waals surface area (Å²) in [4.78, 5) is 4.38. The minimum absolute atomic E-state index is 0.0728. The second kappa shape index (κ2) is 4.80. The van der Waals surface area contributed by atoms with Crippen LogP contribution in [0.4, 0.5) is 0 Å². The van der Waals surface area contributed by atoms with E-state index in [4.69, 9.17) is 10.6 Å². The number of methoxy groups -OCH3 is 1. The third-order valence-electron chi connectivity index (χ3n) is 3.39. The van der Waals surface area contributed by atoms with Crippen LogP contribution in [0.25, 0.3) is 0 Å². The molecule has 4 nitrogen and oxygen atoms in total. The molecule has 4 heteroatoms. The highest BCUT2D eigenvalue weighted by molar-refractivity contribution is 5.30. The normalized spacial score (nSPS) is 19.2. The molecule has 1 heterocycles. The summed E-state index contributed by atoms with van der Waals surface area (Å²) >= 11 is 0. The van der Waals surface area contributed by atoms with Gasteiger partial charge in [-0.2, -0.15) is 0 Å². The monoisotopic (exact) mass is 221 g/mol. The van der Waals surface area contributed by atoms with Crippen molar-refractivity contribution in [3.05, 3.63) is 24.0 Å². The Morgan fingerprint density at radius 1 is 1.56 bits per heavy atom. The van der Waals surface area contributed by atoms with Gasteiger partial charge in [0.1, 0.15) is 11.4 Å². The van der Waals surface area contributed by atoms with Crippen LogP contribution in [0.1, 0.15) is 31.5 Å². The predicted molar refractivity (Wildman–Crippen MR) is 62.7 cm³/mol. The molecule has 2 unspecified atom stereocenters. The highest BCUT2D eigenvalue weighted by atomic mass is 16.5. The number of aromatic nitrogens is 1. The van der Waals surface area contributed by atoms with Gasteiger partial charge in [-0.1, -0.05) is 6.92 Å². The summed E-state index contributed by atoms with van der Waals surface area (Å²) in [5.41, 5.74) is 3.78. The zero-order valence-corrected chi connectivity index (χ0v) is 9.81. The Kier molecular flexibility index (Phi) is 3.41. The maximum absolute atomic E-state index is 5.65. The molecule has 0 bridgehead atoms. The van der Waals surface area contributed by atoms with E-state index in [0.29, 0.717) is 5.92 Å².